The van der Waals surface area contributed by atoms with Gasteiger partial charge in [-0.1, -0.05) is 0 Å². The third-order valence-corrected chi connectivity index (χ3v) is 2.44. The Morgan fingerprint density at radius 1 is 1.44 bits per heavy atom. The standard InChI is InChI=1S/C12H16N2O2/c1-8(9(2)15)14-11-5-4-10(7-13)6-12(11)16-3/h4-6,8-9,14-15H,1-3H3. The second-order valence-corrected chi connectivity index (χ2v) is 3.70. The van der Waals surface area contributed by atoms with E-state index in [1.807, 2.05) is 13.0 Å². The first-order valence-corrected chi connectivity index (χ1v) is 5.11. The first kappa shape index (κ1) is 12.3. The minimum Gasteiger partial charge on any atom is -0.495 e. The number of ether oxygens (including phenoxy) is 1. The minimum absolute atomic E-state index is 0.0816. The van der Waals surface area contributed by atoms with Crippen molar-refractivity contribution in [3.05, 3.63) is 23.8 Å². The molecule has 0 amide bonds. The summed E-state index contributed by atoms with van der Waals surface area (Å²) in [7, 11) is 1.55. The molecule has 4 nitrogen and oxygen atoms in total. The maximum Gasteiger partial charge on any atom is 0.143 e. The van der Waals surface area contributed by atoms with Gasteiger partial charge in [-0.05, 0) is 26.0 Å². The molecule has 0 aliphatic heterocycles. The summed E-state index contributed by atoms with van der Waals surface area (Å²) in [6, 6.07) is 7.11. The molecule has 2 atom stereocenters. The lowest BCUT2D eigenvalue weighted by molar-refractivity contribution is 0.177. The predicted octanol–water partition coefficient (Wildman–Crippen LogP) is 1.75. The van der Waals surface area contributed by atoms with E-state index in [4.69, 9.17) is 10.00 Å². The van der Waals surface area contributed by atoms with Crippen molar-refractivity contribution in [1.82, 2.24) is 0 Å². The van der Waals surface area contributed by atoms with Gasteiger partial charge in [0.25, 0.3) is 0 Å². The molecule has 0 heterocycles. The van der Waals surface area contributed by atoms with Gasteiger partial charge in [0.05, 0.1) is 30.5 Å². The normalized spacial score (nSPS) is 13.7. The van der Waals surface area contributed by atoms with E-state index in [-0.39, 0.29) is 6.04 Å². The lowest BCUT2D eigenvalue weighted by Gasteiger charge is -2.19. The van der Waals surface area contributed by atoms with Crippen molar-refractivity contribution in [2.45, 2.75) is 26.0 Å². The molecule has 16 heavy (non-hydrogen) atoms. The van der Waals surface area contributed by atoms with Crippen LogP contribution in [0.15, 0.2) is 18.2 Å². The lowest BCUT2D eigenvalue weighted by Crippen LogP contribution is -2.28. The van der Waals surface area contributed by atoms with Crippen LogP contribution in [0.5, 0.6) is 5.75 Å². The molecule has 2 unspecified atom stereocenters. The monoisotopic (exact) mass is 220 g/mol. The summed E-state index contributed by atoms with van der Waals surface area (Å²) < 4.78 is 5.17. The van der Waals surface area contributed by atoms with Gasteiger partial charge in [-0.3, -0.25) is 0 Å². The predicted molar refractivity (Wildman–Crippen MR) is 62.5 cm³/mol. The van der Waals surface area contributed by atoms with Gasteiger partial charge in [0.2, 0.25) is 0 Å². The van der Waals surface area contributed by atoms with Gasteiger partial charge < -0.3 is 15.2 Å². The number of anilines is 1. The molecule has 0 fully saturated rings. The maximum absolute atomic E-state index is 9.39. The molecule has 0 spiro atoms. The summed E-state index contributed by atoms with van der Waals surface area (Å²) >= 11 is 0. The molecule has 0 saturated carbocycles. The van der Waals surface area contributed by atoms with Gasteiger partial charge in [0.15, 0.2) is 0 Å². The van der Waals surface area contributed by atoms with E-state index >= 15 is 0 Å². The SMILES string of the molecule is COc1cc(C#N)ccc1NC(C)C(C)O. The van der Waals surface area contributed by atoms with E-state index in [1.165, 1.54) is 0 Å². The molecule has 1 rings (SSSR count). The third kappa shape index (κ3) is 2.88. The van der Waals surface area contributed by atoms with Crippen LogP contribution in [0.1, 0.15) is 19.4 Å². The van der Waals surface area contributed by atoms with Crippen LogP contribution < -0.4 is 10.1 Å². The largest absolute Gasteiger partial charge is 0.495 e. The fourth-order valence-corrected chi connectivity index (χ4v) is 1.25. The summed E-state index contributed by atoms with van der Waals surface area (Å²) in [5.41, 5.74) is 1.32. The van der Waals surface area contributed by atoms with Gasteiger partial charge in [-0.2, -0.15) is 5.26 Å². The van der Waals surface area contributed by atoms with E-state index in [0.717, 1.165) is 5.69 Å². The Hall–Kier alpha value is -1.73. The van der Waals surface area contributed by atoms with Crippen LogP contribution in [0, 0.1) is 11.3 Å². The summed E-state index contributed by atoms with van der Waals surface area (Å²) in [6.45, 7) is 3.59. The fraction of sp³-hybridized carbons (Fsp3) is 0.417. The average molecular weight is 220 g/mol. The molecule has 0 radical (unpaired) electrons. The van der Waals surface area contributed by atoms with Gasteiger partial charge in [-0.25, -0.2) is 0 Å². The highest BCUT2D eigenvalue weighted by Crippen LogP contribution is 2.26. The van der Waals surface area contributed by atoms with Crippen LogP contribution in [0.4, 0.5) is 5.69 Å². The van der Waals surface area contributed by atoms with E-state index < -0.39 is 6.10 Å². The number of nitriles is 1. The van der Waals surface area contributed by atoms with Crippen molar-refractivity contribution in [2.24, 2.45) is 0 Å². The number of methoxy groups -OCH3 is 1. The second-order valence-electron chi connectivity index (χ2n) is 3.70. The number of aliphatic hydroxyl groups excluding tert-OH is 1. The molecule has 0 saturated heterocycles. The molecule has 0 bridgehead atoms. The van der Waals surface area contributed by atoms with Gasteiger partial charge >= 0.3 is 0 Å². The Bertz CT molecular complexity index is 396. The zero-order valence-electron chi connectivity index (χ0n) is 9.69. The Kier molecular flexibility index (Phi) is 4.15. The van der Waals surface area contributed by atoms with E-state index in [2.05, 4.69) is 5.32 Å². The first-order chi connectivity index (χ1) is 7.58. The topological polar surface area (TPSA) is 65.3 Å². The smallest absolute Gasteiger partial charge is 0.143 e. The number of benzene rings is 1. The Morgan fingerprint density at radius 2 is 2.12 bits per heavy atom. The molecular formula is C12H16N2O2. The summed E-state index contributed by atoms with van der Waals surface area (Å²) in [5, 5.41) is 21.3. The highest BCUT2D eigenvalue weighted by Gasteiger charge is 2.11. The van der Waals surface area contributed by atoms with E-state index in [9.17, 15) is 5.11 Å². The molecule has 0 aliphatic carbocycles. The first-order valence-electron chi connectivity index (χ1n) is 5.11. The van der Waals surface area contributed by atoms with Crippen LogP contribution in [0.25, 0.3) is 0 Å². The zero-order valence-corrected chi connectivity index (χ0v) is 9.69. The van der Waals surface area contributed by atoms with Crippen molar-refractivity contribution in [2.75, 3.05) is 12.4 Å². The lowest BCUT2D eigenvalue weighted by atomic mass is 10.1. The van der Waals surface area contributed by atoms with E-state index in [0.29, 0.717) is 11.3 Å². The maximum atomic E-state index is 9.39. The van der Waals surface area contributed by atoms with Crippen molar-refractivity contribution in [3.63, 3.8) is 0 Å². The van der Waals surface area contributed by atoms with Crippen molar-refractivity contribution >= 4 is 5.69 Å². The molecule has 2 N–H and O–H groups in total. The third-order valence-electron chi connectivity index (χ3n) is 2.44. The number of hydrogen-bond acceptors (Lipinski definition) is 4. The number of rotatable bonds is 4. The number of hydrogen-bond donors (Lipinski definition) is 2. The van der Waals surface area contributed by atoms with Crippen LogP contribution in [-0.4, -0.2) is 24.4 Å². The molecule has 86 valence electrons. The van der Waals surface area contributed by atoms with Crippen molar-refractivity contribution < 1.29 is 9.84 Å². The van der Waals surface area contributed by atoms with Crippen molar-refractivity contribution in [1.29, 1.82) is 5.26 Å². The minimum atomic E-state index is -0.458. The Morgan fingerprint density at radius 3 is 2.62 bits per heavy atom. The van der Waals surface area contributed by atoms with Crippen LogP contribution >= 0.6 is 0 Å². The van der Waals surface area contributed by atoms with Gasteiger partial charge in [-0.15, -0.1) is 0 Å². The number of nitrogens with one attached hydrogen (secondary N) is 1. The van der Waals surface area contributed by atoms with Crippen LogP contribution in [-0.2, 0) is 0 Å². The van der Waals surface area contributed by atoms with Crippen molar-refractivity contribution in [3.8, 4) is 11.8 Å². The molecule has 0 aromatic heterocycles. The van der Waals surface area contributed by atoms with Gasteiger partial charge in [0, 0.05) is 12.1 Å². The van der Waals surface area contributed by atoms with Crippen LogP contribution in [0.3, 0.4) is 0 Å². The zero-order chi connectivity index (χ0) is 12.1. The molecule has 1 aromatic rings. The highest BCUT2D eigenvalue weighted by atomic mass is 16.5. The molecule has 1 aromatic carbocycles. The fourth-order valence-electron chi connectivity index (χ4n) is 1.25. The average Bonchev–Trinajstić information content (AvgIpc) is 2.29. The number of aliphatic hydroxyl groups is 1. The Balaban J connectivity index is 2.92. The summed E-state index contributed by atoms with van der Waals surface area (Å²) in [5.74, 6) is 0.603. The second kappa shape index (κ2) is 5.38. The molecular weight excluding hydrogens is 204 g/mol. The summed E-state index contributed by atoms with van der Waals surface area (Å²) in [6.07, 6.45) is -0.458. The molecule has 4 heteroatoms. The van der Waals surface area contributed by atoms with E-state index in [1.54, 1.807) is 32.2 Å². The quantitative estimate of drug-likeness (QED) is 0.811. The van der Waals surface area contributed by atoms with Gasteiger partial charge in [0.1, 0.15) is 5.75 Å². The highest BCUT2D eigenvalue weighted by molar-refractivity contribution is 5.59. The van der Waals surface area contributed by atoms with Crippen LogP contribution in [0.2, 0.25) is 0 Å². The summed E-state index contributed by atoms with van der Waals surface area (Å²) in [4.78, 5) is 0. The Labute approximate surface area is 95.5 Å². The number of nitrogens with zero attached hydrogens (tertiary/aromatic N) is 1. The molecule has 0 aliphatic rings.